The first kappa shape index (κ1) is 22.4. The van der Waals surface area contributed by atoms with Gasteiger partial charge in [0.2, 0.25) is 0 Å². The van der Waals surface area contributed by atoms with Crippen LogP contribution in [0.3, 0.4) is 0 Å². The van der Waals surface area contributed by atoms with E-state index >= 15 is 0 Å². The van der Waals surface area contributed by atoms with Crippen molar-refractivity contribution in [2.45, 2.75) is 38.7 Å². The molecule has 1 N–H and O–H groups in total. The smallest absolute Gasteiger partial charge is 0.251 e. The topological polar surface area (TPSA) is 70.1 Å². The first-order chi connectivity index (χ1) is 12.7. The number of piperazine rings is 1. The van der Waals surface area contributed by atoms with E-state index in [1.807, 2.05) is 18.1 Å². The Bertz CT molecular complexity index is 625. The van der Waals surface area contributed by atoms with E-state index in [1.54, 1.807) is 11.3 Å². The summed E-state index contributed by atoms with van der Waals surface area (Å²) in [5.74, 6) is 1.06. The van der Waals surface area contributed by atoms with Crippen molar-refractivity contribution in [2.75, 3.05) is 46.4 Å². The number of nitrogens with one attached hydrogen (secondary N) is 1. The number of carbonyl (C=O) groups excluding carboxylic acids is 1. The standard InChI is InChI=1S/C18H29N5O2S.HI/c1-3-14-13-21-16(26-14)6-7-20-18(19-2)23-10-8-22(9-11-23)17(24)15-5-4-12-25-15;/h13,15H,3-12H2,1-2H3,(H,19,20);1H. The monoisotopic (exact) mass is 507 g/mol. The van der Waals surface area contributed by atoms with Gasteiger partial charge in [0.15, 0.2) is 5.96 Å². The summed E-state index contributed by atoms with van der Waals surface area (Å²) in [4.78, 5) is 26.8. The maximum atomic E-state index is 12.4. The van der Waals surface area contributed by atoms with E-state index in [0.29, 0.717) is 6.61 Å². The Morgan fingerprint density at radius 2 is 2.11 bits per heavy atom. The molecule has 152 valence electrons. The highest BCUT2D eigenvalue weighted by molar-refractivity contribution is 14.0. The Hall–Kier alpha value is -0.940. The maximum absolute atomic E-state index is 12.4. The van der Waals surface area contributed by atoms with E-state index in [9.17, 15) is 4.79 Å². The fourth-order valence-corrected chi connectivity index (χ4v) is 4.22. The number of hydrogen-bond acceptors (Lipinski definition) is 5. The predicted molar refractivity (Wildman–Crippen MR) is 119 cm³/mol. The van der Waals surface area contributed by atoms with Crippen molar-refractivity contribution >= 4 is 47.2 Å². The number of aliphatic imine (C=N–C) groups is 1. The van der Waals surface area contributed by atoms with Gasteiger partial charge in [-0.3, -0.25) is 9.79 Å². The lowest BCUT2D eigenvalue weighted by Gasteiger charge is -2.37. The Kier molecular flexibility index (Phi) is 9.24. The van der Waals surface area contributed by atoms with Crippen LogP contribution in [0, 0.1) is 0 Å². The van der Waals surface area contributed by atoms with Crippen molar-refractivity contribution in [1.29, 1.82) is 0 Å². The largest absolute Gasteiger partial charge is 0.368 e. The molecular formula is C18H30IN5O2S. The van der Waals surface area contributed by atoms with Crippen LogP contribution in [-0.2, 0) is 22.4 Å². The molecule has 0 radical (unpaired) electrons. The van der Waals surface area contributed by atoms with E-state index in [1.165, 1.54) is 4.88 Å². The molecule has 0 spiro atoms. The molecular weight excluding hydrogens is 477 g/mol. The number of carbonyl (C=O) groups is 1. The molecule has 2 fully saturated rings. The number of aromatic nitrogens is 1. The lowest BCUT2D eigenvalue weighted by molar-refractivity contribution is -0.142. The van der Waals surface area contributed by atoms with Crippen molar-refractivity contribution in [2.24, 2.45) is 4.99 Å². The zero-order valence-corrected chi connectivity index (χ0v) is 19.3. The van der Waals surface area contributed by atoms with Gasteiger partial charge in [-0.1, -0.05) is 6.92 Å². The number of nitrogens with zero attached hydrogens (tertiary/aromatic N) is 4. The van der Waals surface area contributed by atoms with Crippen molar-refractivity contribution in [3.63, 3.8) is 0 Å². The minimum Gasteiger partial charge on any atom is -0.368 e. The minimum atomic E-state index is -0.217. The lowest BCUT2D eigenvalue weighted by Crippen LogP contribution is -2.55. The third-order valence-electron chi connectivity index (χ3n) is 4.88. The van der Waals surface area contributed by atoms with Crippen LogP contribution in [0.15, 0.2) is 11.2 Å². The number of aryl methyl sites for hydroxylation is 1. The average Bonchev–Trinajstić information content (AvgIpc) is 3.37. The fraction of sp³-hybridized carbons (Fsp3) is 0.722. The zero-order valence-electron chi connectivity index (χ0n) is 16.1. The van der Waals surface area contributed by atoms with Crippen molar-refractivity contribution in [1.82, 2.24) is 20.1 Å². The Morgan fingerprint density at radius 1 is 1.37 bits per heavy atom. The van der Waals surface area contributed by atoms with Gasteiger partial charge >= 0.3 is 0 Å². The van der Waals surface area contributed by atoms with Crippen LogP contribution in [0.2, 0.25) is 0 Å². The quantitative estimate of drug-likeness (QED) is 0.374. The molecule has 1 amide bonds. The van der Waals surface area contributed by atoms with E-state index in [-0.39, 0.29) is 36.0 Å². The molecule has 0 aromatic carbocycles. The van der Waals surface area contributed by atoms with Crippen molar-refractivity contribution < 1.29 is 9.53 Å². The summed E-state index contributed by atoms with van der Waals surface area (Å²) >= 11 is 1.78. The molecule has 1 aromatic rings. The number of halogens is 1. The molecule has 0 saturated carbocycles. The molecule has 2 aliphatic rings. The van der Waals surface area contributed by atoms with E-state index in [2.05, 4.69) is 27.1 Å². The number of amides is 1. The summed E-state index contributed by atoms with van der Waals surface area (Å²) in [6, 6.07) is 0. The van der Waals surface area contributed by atoms with Crippen LogP contribution in [0.5, 0.6) is 0 Å². The molecule has 0 bridgehead atoms. The van der Waals surface area contributed by atoms with Gasteiger partial charge in [0.05, 0.1) is 5.01 Å². The summed E-state index contributed by atoms with van der Waals surface area (Å²) in [6.45, 7) is 6.74. The van der Waals surface area contributed by atoms with Crippen LogP contribution in [-0.4, -0.2) is 79.1 Å². The molecule has 27 heavy (non-hydrogen) atoms. The number of rotatable bonds is 5. The van der Waals surface area contributed by atoms with Gasteiger partial charge in [0, 0.05) is 63.9 Å². The Labute approximate surface area is 182 Å². The highest BCUT2D eigenvalue weighted by atomic mass is 127. The van der Waals surface area contributed by atoms with E-state index in [4.69, 9.17) is 4.74 Å². The molecule has 2 aliphatic heterocycles. The van der Waals surface area contributed by atoms with Gasteiger partial charge in [-0.2, -0.15) is 0 Å². The van der Waals surface area contributed by atoms with Crippen LogP contribution in [0.1, 0.15) is 29.7 Å². The first-order valence-corrected chi connectivity index (χ1v) is 10.3. The Balaban J connectivity index is 0.00000261. The third kappa shape index (κ3) is 6.02. The number of ether oxygens (including phenoxy) is 1. The molecule has 3 rings (SSSR count). The number of hydrogen-bond donors (Lipinski definition) is 1. The van der Waals surface area contributed by atoms with Crippen LogP contribution < -0.4 is 5.32 Å². The van der Waals surface area contributed by atoms with E-state index in [0.717, 1.165) is 69.4 Å². The second kappa shape index (κ2) is 11.2. The molecule has 1 atom stereocenters. The zero-order chi connectivity index (χ0) is 18.4. The van der Waals surface area contributed by atoms with Gasteiger partial charge in [0.25, 0.3) is 5.91 Å². The van der Waals surface area contributed by atoms with Crippen LogP contribution in [0.4, 0.5) is 0 Å². The van der Waals surface area contributed by atoms with Gasteiger partial charge < -0.3 is 19.9 Å². The SMILES string of the molecule is CCc1cnc(CCNC(=NC)N2CCN(C(=O)C3CCCO3)CC2)s1.I. The third-order valence-corrected chi connectivity index (χ3v) is 6.08. The molecule has 9 heteroatoms. The lowest BCUT2D eigenvalue weighted by atomic mass is 10.2. The van der Waals surface area contributed by atoms with Gasteiger partial charge in [0.1, 0.15) is 6.10 Å². The molecule has 2 saturated heterocycles. The minimum absolute atomic E-state index is 0. The highest BCUT2D eigenvalue weighted by Gasteiger charge is 2.30. The highest BCUT2D eigenvalue weighted by Crippen LogP contribution is 2.16. The van der Waals surface area contributed by atoms with Crippen molar-refractivity contribution in [3.05, 3.63) is 16.1 Å². The van der Waals surface area contributed by atoms with E-state index < -0.39 is 0 Å². The second-order valence-corrected chi connectivity index (χ2v) is 7.81. The Morgan fingerprint density at radius 3 is 2.70 bits per heavy atom. The summed E-state index contributed by atoms with van der Waals surface area (Å²) in [7, 11) is 1.81. The fourth-order valence-electron chi connectivity index (χ4n) is 3.36. The van der Waals surface area contributed by atoms with Crippen LogP contribution >= 0.6 is 35.3 Å². The summed E-state index contributed by atoms with van der Waals surface area (Å²) in [5, 5.41) is 4.59. The summed E-state index contributed by atoms with van der Waals surface area (Å²) in [6.07, 6.45) is 5.55. The molecule has 0 aliphatic carbocycles. The summed E-state index contributed by atoms with van der Waals surface area (Å²) in [5.41, 5.74) is 0. The van der Waals surface area contributed by atoms with Crippen molar-refractivity contribution in [3.8, 4) is 0 Å². The van der Waals surface area contributed by atoms with Gasteiger partial charge in [-0.25, -0.2) is 4.98 Å². The first-order valence-electron chi connectivity index (χ1n) is 9.50. The number of thiazole rings is 1. The summed E-state index contributed by atoms with van der Waals surface area (Å²) < 4.78 is 5.52. The maximum Gasteiger partial charge on any atom is 0.251 e. The molecule has 1 aromatic heterocycles. The number of guanidine groups is 1. The average molecular weight is 507 g/mol. The normalized spacial score (nSPS) is 20.5. The van der Waals surface area contributed by atoms with Gasteiger partial charge in [-0.15, -0.1) is 35.3 Å². The second-order valence-electron chi connectivity index (χ2n) is 6.61. The molecule has 7 nitrogen and oxygen atoms in total. The van der Waals surface area contributed by atoms with Crippen LogP contribution in [0.25, 0.3) is 0 Å². The molecule has 3 heterocycles. The molecule has 1 unspecified atom stereocenters. The van der Waals surface area contributed by atoms with Gasteiger partial charge in [-0.05, 0) is 19.3 Å². The predicted octanol–water partition coefficient (Wildman–Crippen LogP) is 1.76.